The average molecular weight is 447 g/mol. The highest BCUT2D eigenvalue weighted by Crippen LogP contribution is 2.45. The van der Waals surface area contributed by atoms with Crippen LogP contribution in [0, 0.1) is 0 Å². The van der Waals surface area contributed by atoms with Gasteiger partial charge in [0.25, 0.3) is 5.91 Å². The molecule has 2 aliphatic heterocycles. The van der Waals surface area contributed by atoms with E-state index in [0.29, 0.717) is 22.4 Å². The van der Waals surface area contributed by atoms with Gasteiger partial charge in [-0.05, 0) is 17.7 Å². The normalized spacial score (nSPS) is 23.4. The fraction of sp³-hybridized carbons (Fsp3) is 0.333. The third kappa shape index (κ3) is 4.17. The van der Waals surface area contributed by atoms with Crippen molar-refractivity contribution in [2.45, 2.75) is 17.7 Å². The van der Waals surface area contributed by atoms with Crippen LogP contribution in [0.25, 0.3) is 0 Å². The van der Waals surface area contributed by atoms with Gasteiger partial charge in [0.05, 0.1) is 43.9 Å². The van der Waals surface area contributed by atoms with Crippen molar-refractivity contribution in [3.63, 3.8) is 0 Å². The predicted octanol–water partition coefficient (Wildman–Crippen LogP) is 2.55. The number of thioether (sulfide) groups is 1. The number of benzene rings is 2. The lowest BCUT2D eigenvalue weighted by Gasteiger charge is -2.26. The van der Waals surface area contributed by atoms with Gasteiger partial charge in [-0.2, -0.15) is 4.99 Å². The van der Waals surface area contributed by atoms with Crippen molar-refractivity contribution in [3.05, 3.63) is 54.1 Å². The Kier molecular flexibility index (Phi) is 5.75. The van der Waals surface area contributed by atoms with Crippen molar-refractivity contribution in [1.29, 1.82) is 0 Å². The van der Waals surface area contributed by atoms with E-state index in [4.69, 9.17) is 9.47 Å². The number of anilines is 1. The first-order valence-electron chi connectivity index (χ1n) is 9.44. The molecule has 0 spiro atoms. The van der Waals surface area contributed by atoms with Gasteiger partial charge in [0, 0.05) is 11.3 Å². The second-order valence-corrected chi connectivity index (χ2v) is 10.5. The fourth-order valence-corrected chi connectivity index (χ4v) is 7.67. The summed E-state index contributed by atoms with van der Waals surface area (Å²) in [5.74, 6) is 0.964. The minimum atomic E-state index is -3.16. The van der Waals surface area contributed by atoms with Gasteiger partial charge >= 0.3 is 0 Å². The quantitative estimate of drug-likeness (QED) is 0.698. The van der Waals surface area contributed by atoms with E-state index in [1.54, 1.807) is 32.4 Å². The van der Waals surface area contributed by atoms with E-state index in [1.807, 2.05) is 35.2 Å². The number of amidine groups is 1. The zero-order chi connectivity index (χ0) is 21.3. The van der Waals surface area contributed by atoms with Gasteiger partial charge in [-0.1, -0.05) is 42.1 Å². The van der Waals surface area contributed by atoms with Crippen LogP contribution in [0.3, 0.4) is 0 Å². The largest absolute Gasteiger partial charge is 0.497 e. The van der Waals surface area contributed by atoms with Gasteiger partial charge in [0.15, 0.2) is 15.0 Å². The second-order valence-electron chi connectivity index (χ2n) is 7.16. The Bertz CT molecular complexity index is 1090. The number of ether oxygens (including phenoxy) is 2. The fourth-order valence-electron chi connectivity index (χ4n) is 3.75. The molecule has 158 valence electrons. The molecule has 9 heteroatoms. The van der Waals surface area contributed by atoms with Gasteiger partial charge in [0.2, 0.25) is 0 Å². The van der Waals surface area contributed by atoms with Crippen LogP contribution in [0.2, 0.25) is 0 Å². The molecular weight excluding hydrogens is 424 g/mol. The summed E-state index contributed by atoms with van der Waals surface area (Å²) in [5, 5.41) is 0.307. The number of methoxy groups -OCH3 is 2. The number of rotatable bonds is 5. The van der Waals surface area contributed by atoms with Crippen molar-refractivity contribution in [2.24, 2.45) is 4.99 Å². The molecule has 0 saturated carbocycles. The topological polar surface area (TPSA) is 85.3 Å². The molecule has 2 atom stereocenters. The van der Waals surface area contributed by atoms with Crippen molar-refractivity contribution in [2.75, 3.05) is 30.6 Å². The van der Waals surface area contributed by atoms with Crippen LogP contribution in [0.4, 0.5) is 5.69 Å². The molecule has 2 aromatic carbocycles. The van der Waals surface area contributed by atoms with Crippen LogP contribution in [0.5, 0.6) is 11.5 Å². The molecule has 1 amide bonds. The van der Waals surface area contributed by atoms with Gasteiger partial charge in [-0.15, -0.1) is 0 Å². The molecule has 0 bridgehead atoms. The lowest BCUT2D eigenvalue weighted by Crippen LogP contribution is -2.38. The highest BCUT2D eigenvalue weighted by Gasteiger charge is 2.50. The summed E-state index contributed by atoms with van der Waals surface area (Å²) in [6, 6.07) is 14.4. The molecule has 0 aliphatic carbocycles. The SMILES string of the molecule is COc1ccc(OC)c(N2C(=NC(=O)Cc3ccccc3)S[C@@H]3CS(=O)(=O)C[C@@H]32)c1. The predicted molar refractivity (Wildman–Crippen MR) is 118 cm³/mol. The number of sulfone groups is 1. The van der Waals surface area contributed by atoms with Crippen LogP contribution in [0.1, 0.15) is 5.56 Å². The molecule has 30 heavy (non-hydrogen) atoms. The van der Waals surface area contributed by atoms with E-state index in [0.717, 1.165) is 5.56 Å². The molecule has 0 radical (unpaired) electrons. The summed E-state index contributed by atoms with van der Waals surface area (Å²) in [6.07, 6.45) is 0.182. The smallest absolute Gasteiger partial charge is 0.252 e. The van der Waals surface area contributed by atoms with Crippen LogP contribution < -0.4 is 14.4 Å². The highest BCUT2D eigenvalue weighted by atomic mass is 32.2. The number of carbonyl (C=O) groups is 1. The summed E-state index contributed by atoms with van der Waals surface area (Å²) >= 11 is 1.34. The number of aliphatic imine (C=N–C) groups is 1. The number of nitrogens with zero attached hydrogens (tertiary/aromatic N) is 2. The van der Waals surface area contributed by atoms with Gasteiger partial charge < -0.3 is 14.4 Å². The summed E-state index contributed by atoms with van der Waals surface area (Å²) in [4.78, 5) is 18.9. The van der Waals surface area contributed by atoms with Gasteiger partial charge in [-0.25, -0.2) is 8.42 Å². The van der Waals surface area contributed by atoms with E-state index in [-0.39, 0.29) is 35.1 Å². The summed E-state index contributed by atoms with van der Waals surface area (Å²) < 4.78 is 35.4. The molecule has 0 N–H and O–H groups in total. The minimum Gasteiger partial charge on any atom is -0.497 e. The number of hydrogen-bond acceptors (Lipinski definition) is 6. The zero-order valence-electron chi connectivity index (χ0n) is 16.6. The van der Waals surface area contributed by atoms with E-state index in [2.05, 4.69) is 4.99 Å². The van der Waals surface area contributed by atoms with E-state index < -0.39 is 9.84 Å². The van der Waals surface area contributed by atoms with E-state index in [1.165, 1.54) is 11.8 Å². The first-order valence-corrected chi connectivity index (χ1v) is 12.1. The van der Waals surface area contributed by atoms with Crippen LogP contribution in [0.15, 0.2) is 53.5 Å². The first kappa shape index (κ1) is 20.7. The lowest BCUT2D eigenvalue weighted by atomic mass is 10.1. The number of amides is 1. The summed E-state index contributed by atoms with van der Waals surface area (Å²) in [5.41, 5.74) is 1.52. The molecule has 2 saturated heterocycles. The average Bonchev–Trinajstić information content (AvgIpc) is 3.18. The van der Waals surface area contributed by atoms with Crippen LogP contribution in [-0.2, 0) is 21.1 Å². The van der Waals surface area contributed by atoms with Crippen molar-refractivity contribution < 1.29 is 22.7 Å². The maximum Gasteiger partial charge on any atom is 0.252 e. The number of carbonyl (C=O) groups excluding carboxylic acids is 1. The maximum atomic E-state index is 12.7. The maximum absolute atomic E-state index is 12.7. The Morgan fingerprint density at radius 1 is 1.13 bits per heavy atom. The zero-order valence-corrected chi connectivity index (χ0v) is 18.3. The summed E-state index contributed by atoms with van der Waals surface area (Å²) in [6.45, 7) is 0. The Morgan fingerprint density at radius 2 is 1.90 bits per heavy atom. The van der Waals surface area contributed by atoms with Crippen LogP contribution >= 0.6 is 11.8 Å². The first-order chi connectivity index (χ1) is 14.4. The standard InChI is InChI=1S/C21H22N2O5S2/c1-27-15-8-9-18(28-2)16(11-15)23-17-12-30(25,26)13-19(17)29-21(23)22-20(24)10-14-6-4-3-5-7-14/h3-9,11,17,19H,10,12-13H2,1-2H3/t17-,19+/m0/s1. The van der Waals surface area contributed by atoms with Gasteiger partial charge in [-0.3, -0.25) is 4.79 Å². The van der Waals surface area contributed by atoms with Crippen molar-refractivity contribution in [3.8, 4) is 11.5 Å². The van der Waals surface area contributed by atoms with Crippen molar-refractivity contribution in [1.82, 2.24) is 0 Å². The Hall–Kier alpha value is -2.52. The number of hydrogen-bond donors (Lipinski definition) is 0. The highest BCUT2D eigenvalue weighted by molar-refractivity contribution is 8.16. The Morgan fingerprint density at radius 3 is 2.60 bits per heavy atom. The Balaban J connectivity index is 1.72. The third-order valence-corrected chi connectivity index (χ3v) is 8.34. The van der Waals surface area contributed by atoms with E-state index in [9.17, 15) is 13.2 Å². The third-order valence-electron chi connectivity index (χ3n) is 5.13. The Labute approximate surface area is 180 Å². The lowest BCUT2D eigenvalue weighted by molar-refractivity contribution is -0.117. The molecule has 0 aromatic heterocycles. The van der Waals surface area contributed by atoms with Crippen molar-refractivity contribution >= 4 is 38.4 Å². The monoisotopic (exact) mass is 446 g/mol. The molecule has 2 heterocycles. The molecule has 2 fully saturated rings. The summed E-state index contributed by atoms with van der Waals surface area (Å²) in [7, 11) is -0.0452. The van der Waals surface area contributed by atoms with E-state index >= 15 is 0 Å². The second kappa shape index (κ2) is 8.31. The molecule has 0 unspecified atom stereocenters. The molecule has 2 aliphatic rings. The molecule has 7 nitrogen and oxygen atoms in total. The molecular formula is C21H22N2O5S2. The minimum absolute atomic E-state index is 0.0108. The molecule has 2 aromatic rings. The number of fused-ring (bicyclic) bond motifs is 1. The molecule has 4 rings (SSSR count). The van der Waals surface area contributed by atoms with Crippen LogP contribution in [-0.4, -0.2) is 56.5 Å². The van der Waals surface area contributed by atoms with Gasteiger partial charge in [0.1, 0.15) is 11.5 Å².